The molecule has 2 N–H and O–H groups in total. The minimum Gasteiger partial charge on any atom is -0.454 e. The van der Waals surface area contributed by atoms with E-state index in [1.165, 1.54) is 0 Å². The fourth-order valence-corrected chi connectivity index (χ4v) is 2.43. The van der Waals surface area contributed by atoms with Crippen molar-refractivity contribution in [2.45, 2.75) is 63.3 Å². The summed E-state index contributed by atoms with van der Waals surface area (Å²) in [6.45, 7) is 1.68. The van der Waals surface area contributed by atoms with E-state index >= 15 is 0 Å². The molecule has 0 saturated carbocycles. The maximum absolute atomic E-state index is 11.9. The summed E-state index contributed by atoms with van der Waals surface area (Å²) < 4.78 is 19.5. The molecule has 2 aliphatic heterocycles. The fourth-order valence-electron chi connectivity index (χ4n) is 2.43. The Hall–Kier alpha value is -2.20. The Balaban J connectivity index is 2.55. The summed E-state index contributed by atoms with van der Waals surface area (Å²) in [4.78, 5) is 47.1. The summed E-state index contributed by atoms with van der Waals surface area (Å²) in [5, 5.41) is 20.5. The van der Waals surface area contributed by atoms with E-state index < -0.39 is 61.0 Å². The third kappa shape index (κ3) is 3.49. The van der Waals surface area contributed by atoms with Crippen molar-refractivity contribution in [3.63, 3.8) is 0 Å². The first-order valence-corrected chi connectivity index (χ1v) is 7.50. The van der Waals surface area contributed by atoms with E-state index in [4.69, 9.17) is 14.2 Å². The number of ether oxygens (including phenoxy) is 4. The Morgan fingerprint density at radius 1 is 0.875 bits per heavy atom. The van der Waals surface area contributed by atoms with Gasteiger partial charge in [-0.05, 0) is 6.42 Å². The number of aliphatic hydroxyl groups is 2. The van der Waals surface area contributed by atoms with E-state index in [2.05, 4.69) is 4.74 Å². The number of esters is 4. The van der Waals surface area contributed by atoms with Gasteiger partial charge in [0.1, 0.15) is 0 Å². The van der Waals surface area contributed by atoms with Crippen LogP contribution >= 0.6 is 0 Å². The zero-order chi connectivity index (χ0) is 18.0. The largest absolute Gasteiger partial charge is 0.454 e. The van der Waals surface area contributed by atoms with E-state index in [9.17, 15) is 29.4 Å². The molecule has 2 fully saturated rings. The molecule has 0 radical (unpaired) electrons. The summed E-state index contributed by atoms with van der Waals surface area (Å²) in [5.74, 6) is -10.4. The van der Waals surface area contributed by atoms with E-state index in [1.807, 2.05) is 0 Å². The monoisotopic (exact) mass is 346 g/mol. The van der Waals surface area contributed by atoms with Crippen LogP contribution in [0, 0.1) is 0 Å². The molecule has 134 valence electrons. The second-order valence-corrected chi connectivity index (χ2v) is 5.47. The third-order valence-electron chi connectivity index (χ3n) is 3.56. The number of hydrogen-bond acceptors (Lipinski definition) is 10. The van der Waals surface area contributed by atoms with Gasteiger partial charge < -0.3 is 29.2 Å². The SMILES string of the molecule is CCCC1OC(=O)CCC(=O)OC12OC(=O)CCC(=O)OC2(O)O. The van der Waals surface area contributed by atoms with E-state index in [1.54, 1.807) is 6.92 Å². The Labute approximate surface area is 136 Å². The van der Waals surface area contributed by atoms with Crippen LogP contribution in [0.15, 0.2) is 0 Å². The molecule has 1 spiro atoms. The molecular formula is C14H18O10. The molecule has 2 rings (SSSR count). The zero-order valence-electron chi connectivity index (χ0n) is 13.0. The molecule has 2 aliphatic rings. The van der Waals surface area contributed by atoms with Gasteiger partial charge in [-0.1, -0.05) is 13.3 Å². The van der Waals surface area contributed by atoms with Crippen molar-refractivity contribution < 1.29 is 48.3 Å². The lowest BCUT2D eigenvalue weighted by atomic mass is 10.00. The van der Waals surface area contributed by atoms with E-state index in [-0.39, 0.29) is 12.8 Å². The maximum atomic E-state index is 11.9. The predicted molar refractivity (Wildman–Crippen MR) is 71.4 cm³/mol. The van der Waals surface area contributed by atoms with Crippen molar-refractivity contribution in [1.82, 2.24) is 0 Å². The van der Waals surface area contributed by atoms with Gasteiger partial charge in [-0.2, -0.15) is 0 Å². The molecule has 0 aromatic heterocycles. The number of hydrogen-bond donors (Lipinski definition) is 2. The first-order chi connectivity index (χ1) is 11.2. The molecule has 0 amide bonds. The van der Waals surface area contributed by atoms with Gasteiger partial charge >= 0.3 is 35.6 Å². The standard InChI is InChI=1S/C14H18O10/c1-2-3-8-13(22-10(16)5-4-9(15)21-8)14(19,20)24-12(18)7-6-11(17)23-13/h8,19-20H,2-7H2,1H3. The predicted octanol–water partition coefficient (Wildman–Crippen LogP) is -0.750. The maximum Gasteiger partial charge on any atom is 0.410 e. The molecule has 2 unspecified atom stereocenters. The van der Waals surface area contributed by atoms with Gasteiger partial charge in [-0.25, -0.2) is 0 Å². The summed E-state index contributed by atoms with van der Waals surface area (Å²) >= 11 is 0. The Kier molecular flexibility index (Phi) is 5.09. The Morgan fingerprint density at radius 2 is 1.33 bits per heavy atom. The highest BCUT2D eigenvalue weighted by Crippen LogP contribution is 2.38. The molecule has 10 nitrogen and oxygen atoms in total. The quantitative estimate of drug-likeness (QED) is 0.372. The van der Waals surface area contributed by atoms with Crippen LogP contribution < -0.4 is 0 Å². The van der Waals surface area contributed by atoms with Crippen LogP contribution in [0.1, 0.15) is 45.4 Å². The van der Waals surface area contributed by atoms with E-state index in [0.717, 1.165) is 0 Å². The van der Waals surface area contributed by atoms with Crippen LogP contribution in [0.4, 0.5) is 0 Å². The van der Waals surface area contributed by atoms with Crippen LogP contribution in [0.3, 0.4) is 0 Å². The summed E-state index contributed by atoms with van der Waals surface area (Å²) in [6, 6.07) is 0. The number of cyclic esters (lactones) is 2. The average molecular weight is 346 g/mol. The fraction of sp³-hybridized carbons (Fsp3) is 0.714. The van der Waals surface area contributed by atoms with Crippen molar-refractivity contribution in [3.8, 4) is 0 Å². The minimum atomic E-state index is -3.52. The first kappa shape index (κ1) is 18.1. The number of carbonyl (C=O) groups excluding carboxylic acids is 4. The van der Waals surface area contributed by atoms with Gasteiger partial charge in [-0.3, -0.25) is 19.2 Å². The Bertz CT molecular complexity index is 536. The number of carbonyl (C=O) groups is 4. The lowest BCUT2D eigenvalue weighted by molar-refractivity contribution is -0.462. The zero-order valence-corrected chi connectivity index (χ0v) is 13.0. The lowest BCUT2D eigenvalue weighted by Crippen LogP contribution is -2.69. The highest BCUT2D eigenvalue weighted by molar-refractivity contribution is 5.81. The molecule has 0 bridgehead atoms. The van der Waals surface area contributed by atoms with Crippen LogP contribution in [0.5, 0.6) is 0 Å². The highest BCUT2D eigenvalue weighted by Gasteiger charge is 2.68. The van der Waals surface area contributed by atoms with Crippen LogP contribution in [0.25, 0.3) is 0 Å². The van der Waals surface area contributed by atoms with Gasteiger partial charge in [0.15, 0.2) is 6.10 Å². The Morgan fingerprint density at radius 3 is 1.83 bits per heavy atom. The summed E-state index contributed by atoms with van der Waals surface area (Å²) in [7, 11) is 0. The molecule has 0 aliphatic carbocycles. The van der Waals surface area contributed by atoms with Crippen LogP contribution in [-0.4, -0.2) is 52.0 Å². The molecule has 2 saturated heterocycles. The third-order valence-corrected chi connectivity index (χ3v) is 3.56. The summed E-state index contributed by atoms with van der Waals surface area (Å²) in [5.41, 5.74) is 0. The first-order valence-electron chi connectivity index (χ1n) is 7.50. The second-order valence-electron chi connectivity index (χ2n) is 5.47. The molecule has 24 heavy (non-hydrogen) atoms. The molecule has 2 heterocycles. The van der Waals surface area contributed by atoms with Crippen molar-refractivity contribution in [1.29, 1.82) is 0 Å². The van der Waals surface area contributed by atoms with Crippen molar-refractivity contribution >= 4 is 23.9 Å². The van der Waals surface area contributed by atoms with Crippen LogP contribution in [-0.2, 0) is 38.1 Å². The van der Waals surface area contributed by atoms with Gasteiger partial charge in [0.25, 0.3) is 0 Å². The molecule has 0 aromatic carbocycles. The number of rotatable bonds is 2. The van der Waals surface area contributed by atoms with Gasteiger partial charge in [-0.15, -0.1) is 0 Å². The van der Waals surface area contributed by atoms with Gasteiger partial charge in [0.05, 0.1) is 25.7 Å². The normalized spacial score (nSPS) is 30.9. The van der Waals surface area contributed by atoms with Gasteiger partial charge in [0.2, 0.25) is 0 Å². The topological polar surface area (TPSA) is 146 Å². The average Bonchev–Trinajstić information content (AvgIpc) is 2.47. The second kappa shape index (κ2) is 6.73. The molecule has 10 heteroatoms. The molecule has 2 atom stereocenters. The van der Waals surface area contributed by atoms with Crippen molar-refractivity contribution in [3.05, 3.63) is 0 Å². The van der Waals surface area contributed by atoms with Crippen molar-refractivity contribution in [2.75, 3.05) is 0 Å². The molecule has 0 aromatic rings. The highest BCUT2D eigenvalue weighted by atomic mass is 16.9. The minimum absolute atomic E-state index is 0.0489. The molecular weight excluding hydrogens is 328 g/mol. The van der Waals surface area contributed by atoms with Crippen molar-refractivity contribution in [2.24, 2.45) is 0 Å². The van der Waals surface area contributed by atoms with E-state index in [0.29, 0.717) is 6.42 Å². The lowest BCUT2D eigenvalue weighted by Gasteiger charge is -2.44. The summed E-state index contributed by atoms with van der Waals surface area (Å²) in [6.07, 6.45) is -2.87. The van der Waals surface area contributed by atoms with Gasteiger partial charge in [0, 0.05) is 0 Å². The smallest absolute Gasteiger partial charge is 0.410 e. The van der Waals surface area contributed by atoms with Crippen LogP contribution in [0.2, 0.25) is 0 Å².